The molecule has 4 aromatic rings. The molecule has 2 aromatic carbocycles. The van der Waals surface area contributed by atoms with Crippen molar-refractivity contribution in [3.8, 4) is 11.1 Å². The second-order valence-electron chi connectivity index (χ2n) is 9.96. The van der Waals surface area contributed by atoms with Crippen molar-refractivity contribution in [3.05, 3.63) is 94.9 Å². The number of amides is 1. The minimum Gasteiger partial charge on any atom is -0.478 e. The fourth-order valence-corrected chi connectivity index (χ4v) is 5.27. The lowest BCUT2D eigenvalue weighted by Crippen LogP contribution is -2.37. The molecule has 5 rings (SSSR count). The van der Waals surface area contributed by atoms with Crippen molar-refractivity contribution in [2.75, 3.05) is 0 Å². The number of ether oxygens (including phenoxy) is 1. The summed E-state index contributed by atoms with van der Waals surface area (Å²) in [6, 6.07) is 18.6. The maximum Gasteiger partial charge on any atom is 0.408 e. The average molecular weight is 512 g/mol. The number of hydrogen-bond donors (Lipinski definition) is 2. The predicted octanol–water partition coefficient (Wildman–Crippen LogP) is 6.72. The van der Waals surface area contributed by atoms with Crippen molar-refractivity contribution < 1.29 is 19.4 Å². The predicted molar refractivity (Wildman–Crippen MR) is 146 cm³/mol. The van der Waals surface area contributed by atoms with E-state index in [4.69, 9.17) is 9.72 Å². The van der Waals surface area contributed by atoms with Gasteiger partial charge in [-0.3, -0.25) is 4.40 Å². The Morgan fingerprint density at radius 2 is 1.79 bits per heavy atom. The van der Waals surface area contributed by atoms with E-state index >= 15 is 0 Å². The van der Waals surface area contributed by atoms with Gasteiger partial charge < -0.3 is 15.2 Å². The molecule has 38 heavy (non-hydrogen) atoms. The monoisotopic (exact) mass is 511 g/mol. The molecule has 1 fully saturated rings. The lowest BCUT2D eigenvalue weighted by Gasteiger charge is -2.25. The van der Waals surface area contributed by atoms with Gasteiger partial charge in [0.05, 0.1) is 17.0 Å². The maximum absolute atomic E-state index is 13.1. The van der Waals surface area contributed by atoms with E-state index in [1.807, 2.05) is 60.0 Å². The van der Waals surface area contributed by atoms with Gasteiger partial charge in [-0.25, -0.2) is 14.6 Å². The van der Waals surface area contributed by atoms with Crippen LogP contribution in [0.5, 0.6) is 0 Å². The molecule has 0 aliphatic heterocycles. The van der Waals surface area contributed by atoms with Gasteiger partial charge in [-0.2, -0.15) is 0 Å². The molecule has 1 amide bonds. The minimum absolute atomic E-state index is 0.129. The summed E-state index contributed by atoms with van der Waals surface area (Å²) < 4.78 is 8.15. The number of benzene rings is 2. The zero-order valence-electron chi connectivity index (χ0n) is 21.8. The first-order valence-electron chi connectivity index (χ1n) is 13.3. The van der Waals surface area contributed by atoms with Gasteiger partial charge in [0.1, 0.15) is 5.65 Å². The van der Waals surface area contributed by atoms with Crippen LogP contribution in [0.25, 0.3) is 16.8 Å². The van der Waals surface area contributed by atoms with Crippen LogP contribution in [0, 0.1) is 6.92 Å². The number of aromatic carboxylic acids is 1. The third-order valence-electron chi connectivity index (χ3n) is 7.36. The number of imidazole rings is 1. The molecule has 2 N–H and O–H groups in total. The number of pyridine rings is 1. The molecule has 7 heteroatoms. The van der Waals surface area contributed by atoms with Crippen LogP contribution in [0.1, 0.15) is 78.0 Å². The number of aryl methyl sites for hydroxylation is 2. The van der Waals surface area contributed by atoms with E-state index < -0.39 is 18.2 Å². The van der Waals surface area contributed by atoms with Gasteiger partial charge >= 0.3 is 12.1 Å². The van der Waals surface area contributed by atoms with Crippen molar-refractivity contribution in [2.24, 2.45) is 0 Å². The van der Waals surface area contributed by atoms with Gasteiger partial charge in [-0.15, -0.1) is 0 Å². The first-order chi connectivity index (χ1) is 18.4. The Morgan fingerprint density at radius 3 is 2.50 bits per heavy atom. The Bertz CT molecular complexity index is 1450. The van der Waals surface area contributed by atoms with Crippen LogP contribution < -0.4 is 5.32 Å². The zero-order chi connectivity index (χ0) is 26.6. The summed E-state index contributed by atoms with van der Waals surface area (Å²) in [7, 11) is 0. The number of carboxylic acids is 1. The second-order valence-corrected chi connectivity index (χ2v) is 9.96. The van der Waals surface area contributed by atoms with Gasteiger partial charge in [-0.1, -0.05) is 74.7 Å². The van der Waals surface area contributed by atoms with Crippen LogP contribution in [0.3, 0.4) is 0 Å². The molecular formula is C31H33N3O4. The second kappa shape index (κ2) is 11.1. The Morgan fingerprint density at radius 1 is 1.05 bits per heavy atom. The summed E-state index contributed by atoms with van der Waals surface area (Å²) >= 11 is 0. The van der Waals surface area contributed by atoms with Crippen LogP contribution in [-0.2, 0) is 11.2 Å². The van der Waals surface area contributed by atoms with Gasteiger partial charge in [0, 0.05) is 12.2 Å². The number of hydrogen-bond acceptors (Lipinski definition) is 4. The number of fused-ring (bicyclic) bond motifs is 1. The molecule has 2 aromatic heterocycles. The van der Waals surface area contributed by atoms with E-state index in [9.17, 15) is 14.7 Å². The van der Waals surface area contributed by atoms with Crippen molar-refractivity contribution in [1.29, 1.82) is 0 Å². The number of carboxylic acid groups (broad SMARTS) is 1. The largest absolute Gasteiger partial charge is 0.478 e. The number of nitrogens with one attached hydrogen (secondary N) is 1. The first kappa shape index (κ1) is 25.5. The number of rotatable bonds is 7. The summed E-state index contributed by atoms with van der Waals surface area (Å²) in [6.07, 6.45) is 7.05. The molecule has 2 heterocycles. The Balaban J connectivity index is 1.53. The van der Waals surface area contributed by atoms with Crippen LogP contribution in [-0.4, -0.2) is 32.6 Å². The summed E-state index contributed by atoms with van der Waals surface area (Å²) in [4.78, 5) is 29.6. The highest BCUT2D eigenvalue weighted by Crippen LogP contribution is 2.31. The summed E-state index contributed by atoms with van der Waals surface area (Å²) in [5.74, 6) is -0.973. The van der Waals surface area contributed by atoms with E-state index in [1.165, 1.54) is 6.42 Å². The van der Waals surface area contributed by atoms with Gasteiger partial charge in [0.15, 0.2) is 6.10 Å². The lowest BCUT2D eigenvalue weighted by atomic mass is 9.96. The summed E-state index contributed by atoms with van der Waals surface area (Å²) in [5, 5.41) is 12.7. The summed E-state index contributed by atoms with van der Waals surface area (Å²) in [6.45, 7) is 4.09. The number of alkyl carbamates (subject to hydrolysis) is 1. The molecule has 1 atom stereocenters. The molecular weight excluding hydrogens is 478 g/mol. The van der Waals surface area contributed by atoms with Gasteiger partial charge in [-0.05, 0) is 60.6 Å². The van der Waals surface area contributed by atoms with Crippen LogP contribution in [0.15, 0.2) is 66.9 Å². The Hall–Kier alpha value is -4.13. The van der Waals surface area contributed by atoms with Crippen LogP contribution in [0.4, 0.5) is 4.79 Å². The smallest absolute Gasteiger partial charge is 0.408 e. The number of carbonyl (C=O) groups excluding carboxylic acids is 1. The fraction of sp³-hybridized carbons (Fsp3) is 0.323. The minimum atomic E-state index is -0.973. The molecule has 1 aliphatic carbocycles. The molecule has 0 radical (unpaired) electrons. The molecule has 1 saturated carbocycles. The molecule has 0 spiro atoms. The third kappa shape index (κ3) is 5.28. The SMILES string of the molecule is CCc1cn2c([C@H](OC(=O)NC3CCCCC3)c3ccc(-c4ccccc4C(=O)O)cc3)ccc(C)c2n1. The highest BCUT2D eigenvalue weighted by atomic mass is 16.6. The van der Waals surface area contributed by atoms with E-state index in [1.54, 1.807) is 18.2 Å². The molecule has 0 unspecified atom stereocenters. The van der Waals surface area contributed by atoms with Crippen molar-refractivity contribution in [1.82, 2.24) is 14.7 Å². The molecule has 196 valence electrons. The van der Waals surface area contributed by atoms with E-state index in [0.29, 0.717) is 5.56 Å². The first-order valence-corrected chi connectivity index (χ1v) is 13.3. The van der Waals surface area contributed by atoms with Gasteiger partial charge in [0.2, 0.25) is 0 Å². The number of nitrogens with zero attached hydrogens (tertiary/aromatic N) is 2. The van der Waals surface area contributed by atoms with Gasteiger partial charge in [0.25, 0.3) is 0 Å². The Kier molecular flexibility index (Phi) is 7.45. The molecule has 0 saturated heterocycles. The number of carbonyl (C=O) groups is 2. The van der Waals surface area contributed by atoms with E-state index in [-0.39, 0.29) is 11.6 Å². The summed E-state index contributed by atoms with van der Waals surface area (Å²) in [5.41, 5.74) is 6.10. The topological polar surface area (TPSA) is 92.9 Å². The average Bonchev–Trinajstić information content (AvgIpc) is 3.39. The Labute approximate surface area is 222 Å². The van der Waals surface area contributed by atoms with E-state index in [0.717, 1.165) is 65.8 Å². The molecule has 0 bridgehead atoms. The van der Waals surface area contributed by atoms with Crippen LogP contribution in [0.2, 0.25) is 0 Å². The van der Waals surface area contributed by atoms with Crippen molar-refractivity contribution in [3.63, 3.8) is 0 Å². The maximum atomic E-state index is 13.1. The lowest BCUT2D eigenvalue weighted by molar-refractivity contribution is 0.0697. The standard InChI is InChI=1S/C31H33N3O4/c1-3-23-19-34-27(18-13-20(2)29(34)32-23)28(38-31(37)33-24-9-5-4-6-10-24)22-16-14-21(15-17-22)25-11-7-8-12-26(25)30(35)36/h7-8,11-19,24,28H,3-6,9-10H2,1-2H3,(H,33,37)(H,35,36)/t28-/m1/s1. The van der Waals surface area contributed by atoms with Crippen molar-refractivity contribution >= 4 is 17.7 Å². The van der Waals surface area contributed by atoms with Crippen molar-refractivity contribution in [2.45, 2.75) is 64.5 Å². The highest BCUT2D eigenvalue weighted by molar-refractivity contribution is 5.96. The van der Waals surface area contributed by atoms with Crippen LogP contribution >= 0.6 is 0 Å². The third-order valence-corrected chi connectivity index (χ3v) is 7.36. The van der Waals surface area contributed by atoms with E-state index in [2.05, 4.69) is 12.2 Å². The molecule has 7 nitrogen and oxygen atoms in total. The zero-order valence-corrected chi connectivity index (χ0v) is 21.8. The highest BCUT2D eigenvalue weighted by Gasteiger charge is 2.25. The fourth-order valence-electron chi connectivity index (χ4n) is 5.27. The normalized spacial score (nSPS) is 14.8. The molecule has 1 aliphatic rings. The quantitative estimate of drug-likeness (QED) is 0.287. The number of aromatic nitrogens is 2.